The van der Waals surface area contributed by atoms with Crippen LogP contribution in [0.15, 0.2) is 48.5 Å². The third-order valence-electron chi connectivity index (χ3n) is 3.47. The molecule has 25 heavy (non-hydrogen) atoms. The number of hydrogen-bond acceptors (Lipinski definition) is 5. The number of para-hydroxylation sites is 2. The molecule has 0 fully saturated rings. The minimum atomic E-state index is -0.205. The van der Waals surface area contributed by atoms with Crippen molar-refractivity contribution in [1.82, 2.24) is 15.0 Å². The molecule has 1 heterocycles. The molecule has 0 aliphatic carbocycles. The summed E-state index contributed by atoms with van der Waals surface area (Å²) >= 11 is 0. The van der Waals surface area contributed by atoms with E-state index in [9.17, 15) is 4.79 Å². The molecule has 6 nitrogen and oxygen atoms in total. The summed E-state index contributed by atoms with van der Waals surface area (Å²) in [4.78, 5) is 24.4. The van der Waals surface area contributed by atoms with E-state index in [-0.39, 0.29) is 38.6 Å². The molecule has 120 valence electrons. The first kappa shape index (κ1) is 19.2. The van der Waals surface area contributed by atoms with Gasteiger partial charge in [-0.2, -0.15) is 0 Å². The van der Waals surface area contributed by atoms with Crippen molar-refractivity contribution in [3.8, 4) is 0 Å². The Labute approximate surface area is 171 Å². The second-order valence-electron chi connectivity index (χ2n) is 5.31. The molecule has 0 saturated carbocycles. The van der Waals surface area contributed by atoms with Gasteiger partial charge in [0, 0.05) is 23.5 Å². The predicted molar refractivity (Wildman–Crippen MR) is 91.5 cm³/mol. The van der Waals surface area contributed by atoms with Crippen LogP contribution in [0.5, 0.6) is 0 Å². The van der Waals surface area contributed by atoms with Gasteiger partial charge in [0.15, 0.2) is 0 Å². The molecule has 0 saturated heterocycles. The van der Waals surface area contributed by atoms with E-state index in [0.717, 1.165) is 5.56 Å². The third-order valence-corrected chi connectivity index (χ3v) is 3.47. The zero-order valence-corrected chi connectivity index (χ0v) is 16.6. The molecule has 0 atom stereocenters. The molecule has 0 spiro atoms. The van der Waals surface area contributed by atoms with E-state index in [1.165, 1.54) is 0 Å². The number of nitrogens with one attached hydrogen (secondary N) is 1. The Morgan fingerprint density at radius 1 is 1.12 bits per heavy atom. The fraction of sp³-hybridized carbons (Fsp3) is 0.111. The van der Waals surface area contributed by atoms with E-state index in [0.29, 0.717) is 35.0 Å². The molecule has 2 aromatic carbocycles. The maximum Gasteiger partial charge on any atom is 3.00 e. The smallest absolute Gasteiger partial charge is 0.397 e. The van der Waals surface area contributed by atoms with Gasteiger partial charge in [-0.15, -0.1) is 0 Å². The average molecular weight is 407 g/mol. The van der Waals surface area contributed by atoms with Gasteiger partial charge in [-0.1, -0.05) is 36.8 Å². The third kappa shape index (κ3) is 5.15. The number of amides is 1. The molecule has 3 rings (SSSR count). The number of benzene rings is 2. The number of anilines is 2. The first-order valence-corrected chi connectivity index (χ1v) is 7.44. The fourth-order valence-electron chi connectivity index (χ4n) is 2.23. The molecule has 0 aliphatic rings. The molecule has 0 bridgehead atoms. The van der Waals surface area contributed by atoms with E-state index in [1.807, 2.05) is 24.3 Å². The Balaban J connectivity index is 0.00000225. The van der Waals surface area contributed by atoms with Gasteiger partial charge in [-0.25, -0.2) is 0 Å². The zero-order valence-electron chi connectivity index (χ0n) is 13.7. The van der Waals surface area contributed by atoms with Crippen molar-refractivity contribution in [3.05, 3.63) is 77.6 Å². The molecule has 1 amide bonds. The SMILES string of the molecule is Cc1n[c-]nc(Cc2ccc(C(=O)Nc3ccccc3N)cc2)n1.[Y+3]. The minimum Gasteiger partial charge on any atom is -0.397 e. The fourth-order valence-corrected chi connectivity index (χ4v) is 2.23. The summed E-state index contributed by atoms with van der Waals surface area (Å²) in [5, 5.41) is 2.80. The Bertz CT molecular complexity index is 867. The van der Waals surface area contributed by atoms with E-state index in [1.54, 1.807) is 31.2 Å². The number of carbonyl (C=O) groups excluding carboxylic acids is 1. The minimum absolute atomic E-state index is 0. The first-order chi connectivity index (χ1) is 11.6. The molecule has 1 aromatic heterocycles. The molecular weight excluding hydrogens is 391 g/mol. The van der Waals surface area contributed by atoms with Gasteiger partial charge in [0.1, 0.15) is 0 Å². The summed E-state index contributed by atoms with van der Waals surface area (Å²) in [7, 11) is 0. The van der Waals surface area contributed by atoms with Crippen LogP contribution in [0, 0.1) is 13.3 Å². The van der Waals surface area contributed by atoms with Crippen molar-refractivity contribution in [2.75, 3.05) is 11.1 Å². The molecule has 3 aromatic rings. The van der Waals surface area contributed by atoms with Crippen molar-refractivity contribution >= 4 is 17.3 Å². The Hall–Kier alpha value is -2.18. The van der Waals surface area contributed by atoms with Gasteiger partial charge in [0.25, 0.3) is 5.91 Å². The Morgan fingerprint density at radius 3 is 2.52 bits per heavy atom. The molecule has 0 unspecified atom stereocenters. The van der Waals surface area contributed by atoms with Crippen LogP contribution < -0.4 is 11.1 Å². The standard InChI is InChI=1S/C18H16N5O.Y/c1-12-20-11-21-17(22-12)10-13-6-8-14(9-7-13)18(24)23-16-5-3-2-4-15(16)19;/h2-9H,10,19H2,1H3,(H,23,24);/q-1;+3. The van der Waals surface area contributed by atoms with Crippen molar-refractivity contribution in [3.63, 3.8) is 0 Å². The van der Waals surface area contributed by atoms with Crippen molar-refractivity contribution < 1.29 is 37.5 Å². The Kier molecular flexibility index (Phi) is 6.73. The van der Waals surface area contributed by atoms with E-state index >= 15 is 0 Å². The largest absolute Gasteiger partial charge is 3.00 e. The topological polar surface area (TPSA) is 93.8 Å². The van der Waals surface area contributed by atoms with Crippen LogP contribution in [0.4, 0.5) is 11.4 Å². The molecule has 0 radical (unpaired) electrons. The molecule has 0 aliphatic heterocycles. The van der Waals surface area contributed by atoms with Gasteiger partial charge in [-0.3, -0.25) is 4.79 Å². The normalized spacial score (nSPS) is 9.96. The number of rotatable bonds is 4. The summed E-state index contributed by atoms with van der Waals surface area (Å²) in [5.74, 6) is 1.08. The van der Waals surface area contributed by atoms with Gasteiger partial charge < -0.3 is 26.0 Å². The number of nitrogens with zero attached hydrogens (tertiary/aromatic N) is 3. The van der Waals surface area contributed by atoms with Crippen LogP contribution >= 0.6 is 0 Å². The predicted octanol–water partition coefficient (Wildman–Crippen LogP) is 2.40. The maximum absolute atomic E-state index is 12.3. The molecular formula is C18H16N5OY+2. The van der Waals surface area contributed by atoms with Crippen LogP contribution in [-0.4, -0.2) is 20.9 Å². The monoisotopic (exact) mass is 407 g/mol. The number of aryl methyl sites for hydroxylation is 1. The van der Waals surface area contributed by atoms with Gasteiger partial charge in [-0.05, 0) is 30.7 Å². The molecule has 7 heteroatoms. The maximum atomic E-state index is 12.3. The number of aromatic nitrogens is 3. The second kappa shape index (κ2) is 8.78. The van der Waals surface area contributed by atoms with Crippen molar-refractivity contribution in [2.24, 2.45) is 0 Å². The Morgan fingerprint density at radius 2 is 1.84 bits per heavy atom. The summed E-state index contributed by atoms with van der Waals surface area (Å²) in [6.07, 6.45) is 3.14. The van der Waals surface area contributed by atoms with Crippen molar-refractivity contribution in [2.45, 2.75) is 13.3 Å². The van der Waals surface area contributed by atoms with Crippen LogP contribution in [0.3, 0.4) is 0 Å². The summed E-state index contributed by atoms with van der Waals surface area (Å²) in [5.41, 5.74) is 8.52. The first-order valence-electron chi connectivity index (χ1n) is 7.44. The zero-order chi connectivity index (χ0) is 16.9. The average Bonchev–Trinajstić information content (AvgIpc) is 2.57. The number of hydrogen-bond donors (Lipinski definition) is 2. The van der Waals surface area contributed by atoms with E-state index in [4.69, 9.17) is 5.73 Å². The van der Waals surface area contributed by atoms with Crippen LogP contribution in [-0.2, 0) is 39.1 Å². The summed E-state index contributed by atoms with van der Waals surface area (Å²) < 4.78 is 0. The van der Waals surface area contributed by atoms with Gasteiger partial charge in [0.2, 0.25) is 0 Å². The number of nitrogens with two attached hydrogens (primary N) is 1. The molecule has 3 N–H and O–H groups in total. The van der Waals surface area contributed by atoms with Crippen molar-refractivity contribution in [1.29, 1.82) is 0 Å². The summed E-state index contributed by atoms with van der Waals surface area (Å²) in [6, 6.07) is 14.4. The van der Waals surface area contributed by atoms with E-state index < -0.39 is 0 Å². The van der Waals surface area contributed by atoms with Gasteiger partial charge in [0.05, 0.1) is 11.4 Å². The number of nitrogen functional groups attached to an aromatic ring is 1. The van der Waals surface area contributed by atoms with E-state index in [2.05, 4.69) is 26.6 Å². The van der Waals surface area contributed by atoms with Crippen LogP contribution in [0.25, 0.3) is 0 Å². The second-order valence-corrected chi connectivity index (χ2v) is 5.31. The van der Waals surface area contributed by atoms with Crippen LogP contribution in [0.1, 0.15) is 27.6 Å². The summed E-state index contributed by atoms with van der Waals surface area (Å²) in [6.45, 7) is 1.80. The van der Waals surface area contributed by atoms with Gasteiger partial charge >= 0.3 is 32.7 Å². The number of carbonyl (C=O) groups is 1. The van der Waals surface area contributed by atoms with Crippen LogP contribution in [0.2, 0.25) is 0 Å². The quantitative estimate of drug-likeness (QED) is 0.512.